The van der Waals surface area contributed by atoms with Crippen LogP contribution in [0, 0.1) is 12.7 Å². The van der Waals surface area contributed by atoms with Crippen LogP contribution in [0.4, 0.5) is 15.8 Å². The van der Waals surface area contributed by atoms with Crippen molar-refractivity contribution in [3.63, 3.8) is 0 Å². The molecule has 1 fully saturated rings. The Bertz CT molecular complexity index is 1040. The van der Waals surface area contributed by atoms with E-state index in [4.69, 9.17) is 4.74 Å². The van der Waals surface area contributed by atoms with Crippen molar-refractivity contribution in [2.75, 3.05) is 43.4 Å². The first-order chi connectivity index (χ1) is 15.4. The molecule has 2 aromatic heterocycles. The van der Waals surface area contributed by atoms with E-state index in [1.54, 1.807) is 6.20 Å². The van der Waals surface area contributed by atoms with Crippen molar-refractivity contribution >= 4 is 23.2 Å². The SMILES string of the molecule is CCC1Oc2ncc(CN3CCN(c4cnc(C(=O)NC)nc4C)CC3)c(F)c2NC1=O. The summed E-state index contributed by atoms with van der Waals surface area (Å²) in [6.07, 6.45) is 2.98. The molecule has 32 heavy (non-hydrogen) atoms. The van der Waals surface area contributed by atoms with E-state index in [-0.39, 0.29) is 29.2 Å². The molecule has 2 amide bonds. The number of ether oxygens (including phenoxy) is 1. The molecule has 0 aliphatic carbocycles. The van der Waals surface area contributed by atoms with Crippen molar-refractivity contribution in [3.05, 3.63) is 35.3 Å². The summed E-state index contributed by atoms with van der Waals surface area (Å²) in [5.74, 6) is -0.917. The van der Waals surface area contributed by atoms with E-state index in [2.05, 4.69) is 35.4 Å². The third-order valence-electron chi connectivity index (χ3n) is 5.71. The molecule has 0 spiro atoms. The minimum Gasteiger partial charge on any atom is -0.463 e. The second-order valence-corrected chi connectivity index (χ2v) is 7.79. The fourth-order valence-corrected chi connectivity index (χ4v) is 3.86. The van der Waals surface area contributed by atoms with Crippen LogP contribution < -0.4 is 20.3 Å². The Kier molecular flexibility index (Phi) is 6.17. The lowest BCUT2D eigenvalue weighted by molar-refractivity contribution is -0.123. The summed E-state index contributed by atoms with van der Waals surface area (Å²) in [6.45, 7) is 6.87. The third-order valence-corrected chi connectivity index (χ3v) is 5.71. The van der Waals surface area contributed by atoms with Gasteiger partial charge in [0, 0.05) is 51.5 Å². The molecule has 11 heteroatoms. The Hall–Kier alpha value is -3.34. The lowest BCUT2D eigenvalue weighted by Gasteiger charge is -2.36. The summed E-state index contributed by atoms with van der Waals surface area (Å²) in [7, 11) is 1.54. The van der Waals surface area contributed by atoms with E-state index in [9.17, 15) is 9.59 Å². The summed E-state index contributed by atoms with van der Waals surface area (Å²) in [4.78, 5) is 40.7. The number of halogens is 1. The second kappa shape index (κ2) is 9.03. The number of piperazine rings is 1. The van der Waals surface area contributed by atoms with Gasteiger partial charge in [-0.05, 0) is 13.3 Å². The normalized spacial score (nSPS) is 18.6. The van der Waals surface area contributed by atoms with Gasteiger partial charge in [-0.1, -0.05) is 6.92 Å². The molecule has 2 N–H and O–H groups in total. The second-order valence-electron chi connectivity index (χ2n) is 7.79. The van der Waals surface area contributed by atoms with Crippen molar-refractivity contribution in [3.8, 4) is 5.88 Å². The quantitative estimate of drug-likeness (QED) is 0.707. The predicted octanol–water partition coefficient (Wildman–Crippen LogP) is 1.11. The number of carbonyl (C=O) groups is 2. The number of fused-ring (bicyclic) bond motifs is 1. The number of anilines is 2. The predicted molar refractivity (Wildman–Crippen MR) is 115 cm³/mol. The molecule has 10 nitrogen and oxygen atoms in total. The van der Waals surface area contributed by atoms with Crippen LogP contribution in [-0.4, -0.2) is 71.0 Å². The number of pyridine rings is 1. The van der Waals surface area contributed by atoms with Gasteiger partial charge in [-0.15, -0.1) is 0 Å². The number of amides is 2. The van der Waals surface area contributed by atoms with Gasteiger partial charge in [0.15, 0.2) is 11.9 Å². The van der Waals surface area contributed by atoms with Crippen molar-refractivity contribution < 1.29 is 18.7 Å². The Morgan fingerprint density at radius 1 is 1.28 bits per heavy atom. The van der Waals surface area contributed by atoms with Gasteiger partial charge >= 0.3 is 0 Å². The number of hydrogen-bond donors (Lipinski definition) is 2. The Balaban J connectivity index is 1.40. The van der Waals surface area contributed by atoms with Crippen LogP contribution >= 0.6 is 0 Å². The lowest BCUT2D eigenvalue weighted by atomic mass is 10.1. The van der Waals surface area contributed by atoms with Crippen LogP contribution in [0.2, 0.25) is 0 Å². The van der Waals surface area contributed by atoms with E-state index in [0.29, 0.717) is 44.7 Å². The highest BCUT2D eigenvalue weighted by molar-refractivity contribution is 5.97. The average molecular weight is 443 g/mol. The molecule has 4 heterocycles. The summed E-state index contributed by atoms with van der Waals surface area (Å²) < 4.78 is 20.5. The number of nitrogens with zero attached hydrogens (tertiary/aromatic N) is 5. The molecule has 1 unspecified atom stereocenters. The molecular weight excluding hydrogens is 417 g/mol. The summed E-state index contributed by atoms with van der Waals surface area (Å²) in [6, 6.07) is 0. The van der Waals surface area contributed by atoms with Crippen molar-refractivity contribution in [2.45, 2.75) is 32.9 Å². The smallest absolute Gasteiger partial charge is 0.288 e. The molecule has 0 saturated carbocycles. The van der Waals surface area contributed by atoms with Crippen LogP contribution in [0.15, 0.2) is 12.4 Å². The van der Waals surface area contributed by atoms with Gasteiger partial charge < -0.3 is 20.3 Å². The number of rotatable bonds is 5. The van der Waals surface area contributed by atoms with Crippen LogP contribution in [0.5, 0.6) is 5.88 Å². The third kappa shape index (κ3) is 4.20. The zero-order valence-corrected chi connectivity index (χ0v) is 18.3. The van der Waals surface area contributed by atoms with Gasteiger partial charge in [-0.25, -0.2) is 19.3 Å². The first-order valence-electron chi connectivity index (χ1n) is 10.6. The average Bonchev–Trinajstić information content (AvgIpc) is 2.81. The summed E-state index contributed by atoms with van der Waals surface area (Å²) >= 11 is 0. The summed E-state index contributed by atoms with van der Waals surface area (Å²) in [5.41, 5.74) is 2.03. The number of aryl methyl sites for hydroxylation is 1. The molecule has 0 radical (unpaired) electrons. The standard InChI is InChI=1S/C21H26FN7O3/c1-4-15-19(30)27-17-16(22)13(9-25-21(17)32-15)11-28-5-7-29(8-6-28)14-10-24-18(20(31)23-3)26-12(14)2/h9-10,15H,4-8,11H2,1-3H3,(H,23,31)(H,27,30). The minimum atomic E-state index is -0.647. The van der Waals surface area contributed by atoms with Crippen molar-refractivity contribution in [2.24, 2.45) is 0 Å². The van der Waals surface area contributed by atoms with Crippen LogP contribution in [0.3, 0.4) is 0 Å². The topological polar surface area (TPSA) is 113 Å². The van der Waals surface area contributed by atoms with E-state index < -0.39 is 11.9 Å². The maximum absolute atomic E-state index is 15.0. The maximum atomic E-state index is 15.0. The number of hydrogen-bond acceptors (Lipinski definition) is 8. The number of aromatic nitrogens is 3. The number of carbonyl (C=O) groups excluding carboxylic acids is 2. The van der Waals surface area contributed by atoms with Gasteiger partial charge in [0.2, 0.25) is 11.7 Å². The van der Waals surface area contributed by atoms with Gasteiger partial charge in [0.25, 0.3) is 11.8 Å². The highest BCUT2D eigenvalue weighted by atomic mass is 19.1. The molecule has 1 atom stereocenters. The number of nitrogens with one attached hydrogen (secondary N) is 2. The van der Waals surface area contributed by atoms with E-state index in [0.717, 1.165) is 11.4 Å². The molecule has 2 aromatic rings. The molecule has 0 aromatic carbocycles. The van der Waals surface area contributed by atoms with E-state index in [1.807, 2.05) is 13.8 Å². The zero-order chi connectivity index (χ0) is 22.8. The fraction of sp³-hybridized carbons (Fsp3) is 0.476. The van der Waals surface area contributed by atoms with Gasteiger partial charge in [0.1, 0.15) is 5.69 Å². The first kappa shape index (κ1) is 21.9. The molecule has 2 aliphatic heterocycles. The van der Waals surface area contributed by atoms with E-state index >= 15 is 4.39 Å². The molecule has 4 rings (SSSR count). The molecular formula is C21H26FN7O3. The lowest BCUT2D eigenvalue weighted by Crippen LogP contribution is -2.46. The zero-order valence-electron chi connectivity index (χ0n) is 18.3. The molecule has 170 valence electrons. The Labute approximate surface area is 185 Å². The Morgan fingerprint density at radius 2 is 2.03 bits per heavy atom. The van der Waals surface area contributed by atoms with Crippen molar-refractivity contribution in [1.29, 1.82) is 0 Å². The van der Waals surface area contributed by atoms with Gasteiger partial charge in [-0.3, -0.25) is 14.5 Å². The van der Waals surface area contributed by atoms with Gasteiger partial charge in [-0.2, -0.15) is 0 Å². The molecule has 2 aliphatic rings. The minimum absolute atomic E-state index is 0.0137. The maximum Gasteiger partial charge on any atom is 0.288 e. The molecule has 1 saturated heterocycles. The highest BCUT2D eigenvalue weighted by Gasteiger charge is 2.31. The van der Waals surface area contributed by atoms with Crippen molar-refractivity contribution in [1.82, 2.24) is 25.2 Å². The first-order valence-corrected chi connectivity index (χ1v) is 10.6. The Morgan fingerprint density at radius 3 is 2.69 bits per heavy atom. The molecule has 0 bridgehead atoms. The van der Waals surface area contributed by atoms with Crippen LogP contribution in [0.1, 0.15) is 35.2 Å². The monoisotopic (exact) mass is 443 g/mol. The van der Waals surface area contributed by atoms with Gasteiger partial charge in [0.05, 0.1) is 17.6 Å². The highest BCUT2D eigenvalue weighted by Crippen LogP contribution is 2.32. The summed E-state index contributed by atoms with van der Waals surface area (Å²) in [5, 5.41) is 5.10. The van der Waals surface area contributed by atoms with Crippen LogP contribution in [-0.2, 0) is 11.3 Å². The largest absolute Gasteiger partial charge is 0.463 e. The van der Waals surface area contributed by atoms with Crippen LogP contribution in [0.25, 0.3) is 0 Å². The fourth-order valence-electron chi connectivity index (χ4n) is 3.86. The van der Waals surface area contributed by atoms with E-state index in [1.165, 1.54) is 13.2 Å².